The third-order valence-corrected chi connectivity index (χ3v) is 6.90. The van der Waals surface area contributed by atoms with Crippen molar-refractivity contribution >= 4 is 45.2 Å². The van der Waals surface area contributed by atoms with Gasteiger partial charge in [-0.2, -0.15) is 5.10 Å². The number of carbonyl (C=O) groups excluding carboxylic acids is 2. The molecule has 0 aliphatic rings. The molecule has 4 rings (SSSR count). The van der Waals surface area contributed by atoms with Crippen molar-refractivity contribution < 1.29 is 9.59 Å². The van der Waals surface area contributed by atoms with Gasteiger partial charge in [0, 0.05) is 28.1 Å². The molecule has 1 aromatic heterocycles. The molecule has 0 atom stereocenters. The molecular weight excluding hydrogens is 564 g/mol. The van der Waals surface area contributed by atoms with Crippen molar-refractivity contribution in [2.45, 2.75) is 32.6 Å². The fourth-order valence-corrected chi connectivity index (χ4v) is 4.42. The Morgan fingerprint density at radius 3 is 2.29 bits per heavy atom. The van der Waals surface area contributed by atoms with E-state index in [4.69, 9.17) is 16.7 Å². The van der Waals surface area contributed by atoms with Crippen molar-refractivity contribution in [2.24, 2.45) is 0 Å². The zero-order chi connectivity index (χ0) is 27.3. The Bertz CT molecular complexity index is 1410. The van der Waals surface area contributed by atoms with E-state index in [1.54, 1.807) is 27.8 Å². The normalized spacial score (nSPS) is 11.3. The molecule has 3 aromatic carbocycles. The van der Waals surface area contributed by atoms with Crippen LogP contribution in [-0.4, -0.2) is 39.6 Å². The van der Waals surface area contributed by atoms with Crippen molar-refractivity contribution in [3.05, 3.63) is 111 Å². The molecule has 6 nitrogen and oxygen atoms in total. The zero-order valence-corrected chi connectivity index (χ0v) is 24.0. The Morgan fingerprint density at radius 2 is 1.63 bits per heavy atom. The zero-order valence-electron chi connectivity index (χ0n) is 21.6. The van der Waals surface area contributed by atoms with Gasteiger partial charge in [0.25, 0.3) is 5.91 Å². The Hall–Kier alpha value is -3.42. The minimum absolute atomic E-state index is 0.111. The minimum Gasteiger partial charge on any atom is -0.329 e. The van der Waals surface area contributed by atoms with E-state index < -0.39 is 0 Å². The number of aromatic nitrogens is 2. The number of hydrogen-bond acceptors (Lipinski definition) is 3. The molecule has 0 radical (unpaired) electrons. The first kappa shape index (κ1) is 27.6. The van der Waals surface area contributed by atoms with Crippen LogP contribution in [0.15, 0.2) is 89.4 Å². The van der Waals surface area contributed by atoms with Gasteiger partial charge in [0.05, 0.1) is 16.4 Å². The molecule has 0 aliphatic heterocycles. The fourth-order valence-electron chi connectivity index (χ4n) is 3.94. The van der Waals surface area contributed by atoms with Gasteiger partial charge in [0.2, 0.25) is 5.91 Å². The molecule has 0 bridgehead atoms. The molecule has 4 aromatic rings. The Kier molecular flexibility index (Phi) is 8.69. The summed E-state index contributed by atoms with van der Waals surface area (Å²) in [5.41, 5.74) is 2.83. The second-order valence-electron chi connectivity index (χ2n) is 10.0. The summed E-state index contributed by atoms with van der Waals surface area (Å²) in [7, 11) is 0. The number of benzene rings is 3. The number of anilines is 1. The molecule has 0 saturated carbocycles. The highest BCUT2D eigenvalue weighted by atomic mass is 79.9. The lowest BCUT2D eigenvalue weighted by Gasteiger charge is -2.23. The van der Waals surface area contributed by atoms with Gasteiger partial charge in [-0.25, -0.2) is 4.68 Å². The van der Waals surface area contributed by atoms with E-state index in [1.807, 2.05) is 66.7 Å². The molecule has 2 amide bonds. The molecule has 0 unspecified atom stereocenters. The molecule has 196 valence electrons. The lowest BCUT2D eigenvalue weighted by Crippen LogP contribution is -2.39. The van der Waals surface area contributed by atoms with Gasteiger partial charge >= 0.3 is 0 Å². The van der Waals surface area contributed by atoms with Gasteiger partial charge in [-0.1, -0.05) is 90.8 Å². The largest absolute Gasteiger partial charge is 0.329 e. The van der Waals surface area contributed by atoms with Crippen LogP contribution in [0.4, 0.5) is 5.82 Å². The average molecular weight is 594 g/mol. The van der Waals surface area contributed by atoms with Crippen LogP contribution in [0.5, 0.6) is 0 Å². The van der Waals surface area contributed by atoms with E-state index in [2.05, 4.69) is 42.0 Å². The predicted octanol–water partition coefficient (Wildman–Crippen LogP) is 6.91. The monoisotopic (exact) mass is 592 g/mol. The molecule has 0 spiro atoms. The van der Waals surface area contributed by atoms with E-state index in [-0.39, 0.29) is 23.8 Å². The first-order chi connectivity index (χ1) is 18.1. The van der Waals surface area contributed by atoms with Crippen LogP contribution in [0.3, 0.4) is 0 Å². The molecule has 38 heavy (non-hydrogen) atoms. The second-order valence-corrected chi connectivity index (χ2v) is 11.4. The van der Waals surface area contributed by atoms with Gasteiger partial charge in [0.1, 0.15) is 12.4 Å². The first-order valence-electron chi connectivity index (χ1n) is 12.4. The van der Waals surface area contributed by atoms with Gasteiger partial charge in [-0.3, -0.25) is 9.59 Å². The van der Waals surface area contributed by atoms with Crippen LogP contribution >= 0.6 is 27.5 Å². The van der Waals surface area contributed by atoms with Crippen LogP contribution in [0, 0.1) is 0 Å². The Morgan fingerprint density at radius 1 is 0.974 bits per heavy atom. The topological polar surface area (TPSA) is 67.2 Å². The highest BCUT2D eigenvalue weighted by molar-refractivity contribution is 9.10. The Balaban J connectivity index is 1.59. The molecule has 0 saturated heterocycles. The average Bonchev–Trinajstić information content (AvgIpc) is 3.31. The standard InChI is InChI=1S/C30H30BrClN4O2/c1-30(2,3)26-19-27(36(34-26)25-12-8-7-11-24(25)32)33-28(37)20-35(18-17-21-9-5-4-6-10-21)29(38)22-13-15-23(31)16-14-22/h4-16,19H,17-18,20H2,1-3H3,(H,33,37). The van der Waals surface area contributed by atoms with Gasteiger partial charge in [-0.05, 0) is 48.4 Å². The molecular formula is C30H30BrClN4O2. The number of carbonyl (C=O) groups is 2. The van der Waals surface area contributed by atoms with Crippen LogP contribution in [0.1, 0.15) is 42.4 Å². The van der Waals surface area contributed by atoms with Crippen LogP contribution < -0.4 is 5.32 Å². The summed E-state index contributed by atoms with van der Waals surface area (Å²) >= 11 is 9.88. The lowest BCUT2D eigenvalue weighted by molar-refractivity contribution is -0.116. The van der Waals surface area contributed by atoms with E-state index in [0.717, 1.165) is 15.7 Å². The highest BCUT2D eigenvalue weighted by Crippen LogP contribution is 2.29. The van der Waals surface area contributed by atoms with Gasteiger partial charge < -0.3 is 10.2 Å². The van der Waals surface area contributed by atoms with Crippen molar-refractivity contribution in [3.8, 4) is 5.69 Å². The fraction of sp³-hybridized carbons (Fsp3) is 0.233. The van der Waals surface area contributed by atoms with Crippen LogP contribution in [0.25, 0.3) is 5.69 Å². The van der Waals surface area contributed by atoms with Crippen molar-refractivity contribution in [1.82, 2.24) is 14.7 Å². The predicted molar refractivity (Wildman–Crippen MR) is 156 cm³/mol. The first-order valence-corrected chi connectivity index (χ1v) is 13.5. The van der Waals surface area contributed by atoms with Crippen molar-refractivity contribution in [2.75, 3.05) is 18.4 Å². The van der Waals surface area contributed by atoms with Gasteiger partial charge in [-0.15, -0.1) is 0 Å². The molecule has 0 aliphatic carbocycles. The third-order valence-electron chi connectivity index (χ3n) is 6.05. The number of nitrogens with zero attached hydrogens (tertiary/aromatic N) is 3. The second kappa shape index (κ2) is 12.0. The Labute approximate surface area is 236 Å². The number of amides is 2. The van der Waals surface area contributed by atoms with E-state index in [0.29, 0.717) is 35.1 Å². The molecule has 0 fully saturated rings. The van der Waals surface area contributed by atoms with E-state index in [9.17, 15) is 9.59 Å². The number of para-hydroxylation sites is 1. The van der Waals surface area contributed by atoms with E-state index in [1.165, 1.54) is 0 Å². The molecule has 1 heterocycles. The number of nitrogens with one attached hydrogen (secondary N) is 1. The highest BCUT2D eigenvalue weighted by Gasteiger charge is 2.24. The summed E-state index contributed by atoms with van der Waals surface area (Å²) in [5, 5.41) is 8.23. The van der Waals surface area contributed by atoms with Crippen molar-refractivity contribution in [3.63, 3.8) is 0 Å². The summed E-state index contributed by atoms with van der Waals surface area (Å²) < 4.78 is 2.52. The van der Waals surface area contributed by atoms with Crippen LogP contribution in [-0.2, 0) is 16.6 Å². The minimum atomic E-state index is -0.322. The summed E-state index contributed by atoms with van der Waals surface area (Å²) in [6.45, 7) is 6.45. The van der Waals surface area contributed by atoms with Crippen LogP contribution in [0.2, 0.25) is 5.02 Å². The quantitative estimate of drug-likeness (QED) is 0.241. The number of halogens is 2. The summed E-state index contributed by atoms with van der Waals surface area (Å²) in [4.78, 5) is 28.4. The summed E-state index contributed by atoms with van der Waals surface area (Å²) in [6, 6.07) is 26.2. The molecule has 8 heteroatoms. The third kappa shape index (κ3) is 6.91. The maximum Gasteiger partial charge on any atom is 0.254 e. The lowest BCUT2D eigenvalue weighted by atomic mass is 9.92. The van der Waals surface area contributed by atoms with Gasteiger partial charge in [0.15, 0.2) is 0 Å². The smallest absolute Gasteiger partial charge is 0.254 e. The maximum absolute atomic E-state index is 13.4. The SMILES string of the molecule is CC(C)(C)c1cc(NC(=O)CN(CCc2ccccc2)C(=O)c2ccc(Br)cc2)n(-c2ccccc2Cl)n1. The van der Waals surface area contributed by atoms with E-state index >= 15 is 0 Å². The number of rotatable bonds is 8. The molecule has 1 N–H and O–H groups in total. The van der Waals surface area contributed by atoms with Crippen molar-refractivity contribution in [1.29, 1.82) is 0 Å². The number of hydrogen-bond donors (Lipinski definition) is 1. The summed E-state index contributed by atoms with van der Waals surface area (Å²) in [6.07, 6.45) is 0.627. The summed E-state index contributed by atoms with van der Waals surface area (Å²) in [5.74, 6) is -0.0390. The maximum atomic E-state index is 13.4.